The summed E-state index contributed by atoms with van der Waals surface area (Å²) in [7, 11) is 1.95. The van der Waals surface area contributed by atoms with Gasteiger partial charge in [-0.2, -0.15) is 0 Å². The fourth-order valence-corrected chi connectivity index (χ4v) is 3.20. The molecule has 0 aromatic heterocycles. The topological polar surface area (TPSA) is 55.6 Å². The first-order valence-electron chi connectivity index (χ1n) is 8.88. The van der Waals surface area contributed by atoms with Crippen molar-refractivity contribution in [1.82, 2.24) is 4.90 Å². The van der Waals surface area contributed by atoms with Crippen molar-refractivity contribution in [3.8, 4) is 5.75 Å². The van der Waals surface area contributed by atoms with Crippen LogP contribution < -0.4 is 10.5 Å². The molecular formula is C19H30N2O2. The molecule has 1 fully saturated rings. The summed E-state index contributed by atoms with van der Waals surface area (Å²) in [5, 5.41) is 0. The number of carbonyl (C=O) groups excluding carboxylic acids is 1. The van der Waals surface area contributed by atoms with E-state index in [1.165, 1.54) is 19.3 Å². The predicted octanol–water partition coefficient (Wildman–Crippen LogP) is 3.78. The van der Waals surface area contributed by atoms with E-state index in [0.717, 1.165) is 37.0 Å². The maximum atomic E-state index is 12.4. The molecule has 0 bridgehead atoms. The Balaban J connectivity index is 1.84. The zero-order chi connectivity index (χ0) is 16.7. The van der Waals surface area contributed by atoms with Crippen molar-refractivity contribution in [2.45, 2.75) is 64.3 Å². The highest BCUT2D eigenvalue weighted by Crippen LogP contribution is 2.25. The molecule has 0 radical (unpaired) electrons. The number of anilines is 1. The maximum absolute atomic E-state index is 12.4. The third kappa shape index (κ3) is 5.15. The summed E-state index contributed by atoms with van der Waals surface area (Å²) < 4.78 is 5.58. The van der Waals surface area contributed by atoms with Crippen LogP contribution in [-0.2, 0) is 11.2 Å². The van der Waals surface area contributed by atoms with E-state index < -0.39 is 0 Å². The molecule has 128 valence electrons. The van der Waals surface area contributed by atoms with Crippen LogP contribution in [0.1, 0.15) is 57.4 Å². The summed E-state index contributed by atoms with van der Waals surface area (Å²) in [6.07, 6.45) is 8.34. The smallest absolute Gasteiger partial charge is 0.222 e. The first kappa shape index (κ1) is 17.6. The predicted molar refractivity (Wildman–Crippen MR) is 94.6 cm³/mol. The lowest BCUT2D eigenvalue weighted by Gasteiger charge is -2.31. The van der Waals surface area contributed by atoms with Crippen LogP contribution >= 0.6 is 0 Å². The number of aryl methyl sites for hydroxylation is 1. The van der Waals surface area contributed by atoms with Gasteiger partial charge in [-0.1, -0.05) is 32.3 Å². The second-order valence-corrected chi connectivity index (χ2v) is 6.52. The van der Waals surface area contributed by atoms with Gasteiger partial charge >= 0.3 is 0 Å². The molecule has 1 aromatic rings. The van der Waals surface area contributed by atoms with Gasteiger partial charge in [0.1, 0.15) is 5.75 Å². The van der Waals surface area contributed by atoms with Crippen LogP contribution in [0, 0.1) is 0 Å². The molecule has 0 unspecified atom stereocenters. The van der Waals surface area contributed by atoms with Gasteiger partial charge in [0, 0.05) is 19.5 Å². The van der Waals surface area contributed by atoms with E-state index >= 15 is 0 Å². The van der Waals surface area contributed by atoms with Crippen LogP contribution in [-0.4, -0.2) is 30.5 Å². The van der Waals surface area contributed by atoms with Crippen LogP contribution in [0.4, 0.5) is 5.69 Å². The van der Waals surface area contributed by atoms with E-state index in [0.29, 0.717) is 24.8 Å². The van der Waals surface area contributed by atoms with Crippen LogP contribution in [0.3, 0.4) is 0 Å². The number of carbonyl (C=O) groups is 1. The van der Waals surface area contributed by atoms with Crippen LogP contribution in [0.2, 0.25) is 0 Å². The molecule has 0 aliphatic heterocycles. The number of benzene rings is 1. The average Bonchev–Trinajstić information content (AvgIpc) is 2.59. The van der Waals surface area contributed by atoms with Gasteiger partial charge in [-0.25, -0.2) is 0 Å². The van der Waals surface area contributed by atoms with Gasteiger partial charge < -0.3 is 15.4 Å². The minimum atomic E-state index is 0.238. The second kappa shape index (κ2) is 8.80. The Morgan fingerprint density at radius 2 is 2.04 bits per heavy atom. The molecule has 4 nitrogen and oxygen atoms in total. The average molecular weight is 318 g/mol. The van der Waals surface area contributed by atoms with E-state index in [2.05, 4.69) is 6.92 Å². The minimum Gasteiger partial charge on any atom is -0.491 e. The maximum Gasteiger partial charge on any atom is 0.222 e. The molecule has 2 N–H and O–H groups in total. The van der Waals surface area contributed by atoms with E-state index in [9.17, 15) is 4.79 Å². The number of nitrogens with two attached hydrogens (primary N) is 1. The molecular weight excluding hydrogens is 288 g/mol. The standard InChI is InChI=1S/C19H30N2O2/c1-3-13-23-18-11-9-15(14-17(18)20)10-12-19(22)21(2)16-7-5-4-6-8-16/h9,11,14,16H,3-8,10,12-13,20H2,1-2H3. The lowest BCUT2D eigenvalue weighted by molar-refractivity contribution is -0.132. The summed E-state index contributed by atoms with van der Waals surface area (Å²) in [5.41, 5.74) is 7.78. The number of hydrogen-bond donors (Lipinski definition) is 1. The van der Waals surface area contributed by atoms with E-state index in [1.54, 1.807) is 0 Å². The highest BCUT2D eigenvalue weighted by molar-refractivity contribution is 5.76. The Hall–Kier alpha value is -1.71. The number of amides is 1. The summed E-state index contributed by atoms with van der Waals surface area (Å²) in [6, 6.07) is 6.29. The largest absolute Gasteiger partial charge is 0.491 e. The molecule has 0 heterocycles. The monoisotopic (exact) mass is 318 g/mol. The highest BCUT2D eigenvalue weighted by Gasteiger charge is 2.21. The molecule has 1 amide bonds. The van der Waals surface area contributed by atoms with Crippen molar-refractivity contribution in [3.63, 3.8) is 0 Å². The van der Waals surface area contributed by atoms with Crippen LogP contribution in [0.15, 0.2) is 18.2 Å². The minimum absolute atomic E-state index is 0.238. The molecule has 23 heavy (non-hydrogen) atoms. The van der Waals surface area contributed by atoms with Gasteiger partial charge in [0.05, 0.1) is 12.3 Å². The fourth-order valence-electron chi connectivity index (χ4n) is 3.20. The number of nitrogen functional groups attached to an aromatic ring is 1. The number of rotatable bonds is 7. The van der Waals surface area contributed by atoms with E-state index in [-0.39, 0.29) is 5.91 Å². The molecule has 1 aromatic carbocycles. The number of hydrogen-bond acceptors (Lipinski definition) is 3. The van der Waals surface area contributed by atoms with Gasteiger partial charge in [-0.05, 0) is 43.4 Å². The zero-order valence-corrected chi connectivity index (χ0v) is 14.5. The lowest BCUT2D eigenvalue weighted by atomic mass is 9.94. The molecule has 1 aliphatic rings. The summed E-state index contributed by atoms with van der Waals surface area (Å²) >= 11 is 0. The molecule has 0 atom stereocenters. The Kier molecular flexibility index (Phi) is 6.75. The molecule has 0 spiro atoms. The molecule has 0 saturated heterocycles. The van der Waals surface area contributed by atoms with Crippen molar-refractivity contribution in [1.29, 1.82) is 0 Å². The van der Waals surface area contributed by atoms with Gasteiger partial charge in [-0.15, -0.1) is 0 Å². The molecule has 4 heteroatoms. The van der Waals surface area contributed by atoms with E-state index in [4.69, 9.17) is 10.5 Å². The SMILES string of the molecule is CCCOc1ccc(CCC(=O)N(C)C2CCCCC2)cc1N. The quantitative estimate of drug-likeness (QED) is 0.778. The normalized spacial score (nSPS) is 15.4. The summed E-state index contributed by atoms with van der Waals surface area (Å²) in [6.45, 7) is 2.74. The Labute approximate surface area is 140 Å². The third-order valence-corrected chi connectivity index (χ3v) is 4.68. The Morgan fingerprint density at radius 1 is 1.30 bits per heavy atom. The van der Waals surface area contributed by atoms with Crippen molar-refractivity contribution in [3.05, 3.63) is 23.8 Å². The van der Waals surface area contributed by atoms with Crippen LogP contribution in [0.5, 0.6) is 5.75 Å². The van der Waals surface area contributed by atoms with Crippen molar-refractivity contribution >= 4 is 11.6 Å². The fraction of sp³-hybridized carbons (Fsp3) is 0.632. The Bertz CT molecular complexity index is 510. The molecule has 1 saturated carbocycles. The highest BCUT2D eigenvalue weighted by atomic mass is 16.5. The number of ether oxygens (including phenoxy) is 1. The third-order valence-electron chi connectivity index (χ3n) is 4.68. The summed E-state index contributed by atoms with van der Waals surface area (Å²) in [5.74, 6) is 0.975. The van der Waals surface area contributed by atoms with Crippen molar-refractivity contribution in [2.75, 3.05) is 19.4 Å². The summed E-state index contributed by atoms with van der Waals surface area (Å²) in [4.78, 5) is 14.3. The number of nitrogens with zero attached hydrogens (tertiary/aromatic N) is 1. The van der Waals surface area contributed by atoms with Gasteiger partial charge in [0.15, 0.2) is 0 Å². The lowest BCUT2D eigenvalue weighted by Crippen LogP contribution is -2.38. The van der Waals surface area contributed by atoms with Crippen molar-refractivity contribution in [2.24, 2.45) is 0 Å². The van der Waals surface area contributed by atoms with Gasteiger partial charge in [0.2, 0.25) is 5.91 Å². The molecule has 2 rings (SSSR count). The van der Waals surface area contributed by atoms with Gasteiger partial charge in [0.25, 0.3) is 0 Å². The second-order valence-electron chi connectivity index (χ2n) is 6.52. The molecule has 1 aliphatic carbocycles. The van der Waals surface area contributed by atoms with Crippen molar-refractivity contribution < 1.29 is 9.53 Å². The van der Waals surface area contributed by atoms with Gasteiger partial charge in [-0.3, -0.25) is 4.79 Å². The Morgan fingerprint density at radius 3 is 2.70 bits per heavy atom. The zero-order valence-electron chi connectivity index (χ0n) is 14.5. The van der Waals surface area contributed by atoms with E-state index in [1.807, 2.05) is 30.1 Å². The first-order chi connectivity index (χ1) is 11.1. The van der Waals surface area contributed by atoms with Crippen LogP contribution in [0.25, 0.3) is 0 Å². The first-order valence-corrected chi connectivity index (χ1v) is 8.88.